The lowest BCUT2D eigenvalue weighted by Gasteiger charge is -2.32. The lowest BCUT2D eigenvalue weighted by atomic mass is 9.99. The molecule has 176 valence electrons. The summed E-state index contributed by atoms with van der Waals surface area (Å²) in [7, 11) is -3.36. The van der Waals surface area contributed by atoms with Crippen LogP contribution in [0.25, 0.3) is 0 Å². The molecule has 2 heterocycles. The van der Waals surface area contributed by atoms with Crippen molar-refractivity contribution in [2.45, 2.75) is 71.0 Å². The number of sulfone groups is 1. The average Bonchev–Trinajstić information content (AvgIpc) is 3.24. The van der Waals surface area contributed by atoms with Crippen LogP contribution in [-0.4, -0.2) is 31.7 Å². The van der Waals surface area contributed by atoms with E-state index < -0.39 is 9.84 Å². The van der Waals surface area contributed by atoms with Crippen LogP contribution in [0.2, 0.25) is 0 Å². The largest absolute Gasteiger partial charge is 0.348 e. The van der Waals surface area contributed by atoms with Gasteiger partial charge in [0.2, 0.25) is 0 Å². The molecule has 0 bridgehead atoms. The van der Waals surface area contributed by atoms with Gasteiger partial charge in [0.15, 0.2) is 15.0 Å². The van der Waals surface area contributed by atoms with E-state index in [9.17, 15) is 8.42 Å². The standard InChI is InChI=1S/C27H34N2O2S2/c1-17-8-7-9-18(2)25(17)15-23-16-32-27(28-23)29-12-10-24(11-13-29)33(30,31)26-21(5)19(3)14-20(4)22(26)6/h7-9,14,16,24H,10-13,15H2,1-6H3. The van der Waals surface area contributed by atoms with Crippen molar-refractivity contribution >= 4 is 26.3 Å². The fraction of sp³-hybridized carbons (Fsp3) is 0.444. The number of aryl methyl sites for hydroxylation is 4. The van der Waals surface area contributed by atoms with Gasteiger partial charge in [-0.05, 0) is 93.3 Å². The molecule has 6 heteroatoms. The molecule has 2 aromatic carbocycles. The van der Waals surface area contributed by atoms with Crippen LogP contribution >= 0.6 is 11.3 Å². The number of thiazole rings is 1. The van der Waals surface area contributed by atoms with Crippen LogP contribution in [0, 0.1) is 41.5 Å². The number of rotatable bonds is 5. The summed E-state index contributed by atoms with van der Waals surface area (Å²) in [4.78, 5) is 7.72. The first-order valence-corrected chi connectivity index (χ1v) is 14.1. The second-order valence-electron chi connectivity index (χ2n) is 9.49. The molecular weight excluding hydrogens is 448 g/mol. The molecule has 3 aromatic rings. The Kier molecular flexibility index (Phi) is 6.70. The lowest BCUT2D eigenvalue weighted by molar-refractivity contribution is 0.528. The molecule has 0 spiro atoms. The molecule has 0 radical (unpaired) electrons. The third kappa shape index (κ3) is 4.60. The number of benzene rings is 2. The number of piperidine rings is 1. The van der Waals surface area contributed by atoms with E-state index in [1.807, 2.05) is 27.7 Å². The number of aromatic nitrogens is 1. The number of nitrogens with zero attached hydrogens (tertiary/aromatic N) is 2. The Morgan fingerprint density at radius 3 is 2.09 bits per heavy atom. The molecular formula is C27H34N2O2S2. The van der Waals surface area contributed by atoms with Crippen molar-refractivity contribution in [2.24, 2.45) is 0 Å². The van der Waals surface area contributed by atoms with Gasteiger partial charge in [0.1, 0.15) is 0 Å². The predicted octanol–water partition coefficient (Wildman–Crippen LogP) is 6.03. The van der Waals surface area contributed by atoms with Crippen molar-refractivity contribution in [1.29, 1.82) is 0 Å². The first kappa shape index (κ1) is 24.0. The van der Waals surface area contributed by atoms with Crippen LogP contribution in [0.3, 0.4) is 0 Å². The van der Waals surface area contributed by atoms with E-state index in [2.05, 4.69) is 48.4 Å². The van der Waals surface area contributed by atoms with Crippen LogP contribution in [0.5, 0.6) is 0 Å². The molecule has 0 amide bonds. The highest BCUT2D eigenvalue weighted by Gasteiger charge is 2.34. The molecule has 1 aliphatic heterocycles. The average molecular weight is 483 g/mol. The van der Waals surface area contributed by atoms with E-state index in [1.165, 1.54) is 16.7 Å². The number of hydrogen-bond acceptors (Lipinski definition) is 5. The Labute approximate surface area is 202 Å². The minimum Gasteiger partial charge on any atom is -0.348 e. The van der Waals surface area contributed by atoms with Gasteiger partial charge in [-0.25, -0.2) is 13.4 Å². The van der Waals surface area contributed by atoms with Gasteiger partial charge in [-0.1, -0.05) is 24.3 Å². The molecule has 0 atom stereocenters. The van der Waals surface area contributed by atoms with Crippen LogP contribution < -0.4 is 4.90 Å². The zero-order valence-corrected chi connectivity index (χ0v) is 22.2. The van der Waals surface area contributed by atoms with E-state index in [1.54, 1.807) is 11.3 Å². The monoisotopic (exact) mass is 482 g/mol. The molecule has 4 rings (SSSR count). The van der Waals surface area contributed by atoms with Gasteiger partial charge in [0.25, 0.3) is 0 Å². The Bertz CT molecular complexity index is 1240. The van der Waals surface area contributed by atoms with Crippen LogP contribution in [0.4, 0.5) is 5.13 Å². The Balaban J connectivity index is 1.48. The zero-order valence-electron chi connectivity index (χ0n) is 20.5. The topological polar surface area (TPSA) is 50.3 Å². The van der Waals surface area contributed by atoms with Crippen molar-refractivity contribution in [2.75, 3.05) is 18.0 Å². The fourth-order valence-electron chi connectivity index (χ4n) is 4.96. The molecule has 0 saturated carbocycles. The van der Waals surface area contributed by atoms with Gasteiger partial charge in [-0.15, -0.1) is 11.3 Å². The maximum Gasteiger partial charge on any atom is 0.185 e. The summed E-state index contributed by atoms with van der Waals surface area (Å²) in [6.07, 6.45) is 2.12. The molecule has 33 heavy (non-hydrogen) atoms. The summed E-state index contributed by atoms with van der Waals surface area (Å²) < 4.78 is 27.2. The van der Waals surface area contributed by atoms with Gasteiger partial charge in [0.05, 0.1) is 15.8 Å². The highest BCUT2D eigenvalue weighted by Crippen LogP contribution is 2.34. The SMILES string of the molecule is Cc1cc(C)c(C)c(S(=O)(=O)C2CCN(c3nc(Cc4c(C)cccc4C)cs3)CC2)c1C. The minimum atomic E-state index is -3.36. The Hall–Kier alpha value is -2.18. The smallest absolute Gasteiger partial charge is 0.185 e. The van der Waals surface area contributed by atoms with Gasteiger partial charge in [-0.3, -0.25) is 0 Å². The molecule has 1 saturated heterocycles. The molecule has 1 fully saturated rings. The Morgan fingerprint density at radius 1 is 0.939 bits per heavy atom. The van der Waals surface area contributed by atoms with Crippen molar-refractivity contribution in [3.05, 3.63) is 74.3 Å². The molecule has 4 nitrogen and oxygen atoms in total. The minimum absolute atomic E-state index is 0.332. The highest BCUT2D eigenvalue weighted by molar-refractivity contribution is 7.92. The van der Waals surface area contributed by atoms with Gasteiger partial charge in [0, 0.05) is 24.9 Å². The maximum atomic E-state index is 13.6. The van der Waals surface area contributed by atoms with E-state index in [0.29, 0.717) is 17.7 Å². The molecule has 0 aliphatic carbocycles. The summed E-state index contributed by atoms with van der Waals surface area (Å²) in [5, 5.41) is 2.82. The number of hydrogen-bond donors (Lipinski definition) is 0. The van der Waals surface area contributed by atoms with Gasteiger partial charge < -0.3 is 4.90 Å². The van der Waals surface area contributed by atoms with Gasteiger partial charge >= 0.3 is 0 Å². The van der Waals surface area contributed by atoms with Crippen molar-refractivity contribution in [3.8, 4) is 0 Å². The quantitative estimate of drug-likeness (QED) is 0.446. The summed E-state index contributed by atoms with van der Waals surface area (Å²) in [5.74, 6) is 0. The Morgan fingerprint density at radius 2 is 1.52 bits per heavy atom. The van der Waals surface area contributed by atoms with E-state index in [0.717, 1.165) is 52.6 Å². The van der Waals surface area contributed by atoms with Crippen molar-refractivity contribution in [1.82, 2.24) is 4.98 Å². The molecule has 1 aliphatic rings. The second kappa shape index (κ2) is 9.22. The molecule has 1 aromatic heterocycles. The van der Waals surface area contributed by atoms with Crippen LogP contribution in [0.15, 0.2) is 34.5 Å². The number of anilines is 1. The summed E-state index contributed by atoms with van der Waals surface area (Å²) >= 11 is 1.67. The summed E-state index contributed by atoms with van der Waals surface area (Å²) in [5.41, 5.74) is 8.93. The summed E-state index contributed by atoms with van der Waals surface area (Å²) in [6.45, 7) is 13.6. The highest BCUT2D eigenvalue weighted by atomic mass is 32.2. The predicted molar refractivity (Wildman–Crippen MR) is 139 cm³/mol. The van der Waals surface area contributed by atoms with E-state index in [4.69, 9.17) is 4.98 Å². The summed E-state index contributed by atoms with van der Waals surface area (Å²) in [6, 6.07) is 8.49. The van der Waals surface area contributed by atoms with Crippen LogP contribution in [-0.2, 0) is 16.3 Å². The molecule has 0 unspecified atom stereocenters. The maximum absolute atomic E-state index is 13.6. The normalized spacial score (nSPS) is 15.3. The first-order valence-electron chi connectivity index (χ1n) is 11.6. The zero-order chi connectivity index (χ0) is 23.9. The van der Waals surface area contributed by atoms with Crippen molar-refractivity contribution in [3.63, 3.8) is 0 Å². The molecule has 0 N–H and O–H groups in total. The third-order valence-electron chi connectivity index (χ3n) is 7.28. The van der Waals surface area contributed by atoms with Gasteiger partial charge in [-0.2, -0.15) is 0 Å². The lowest BCUT2D eigenvalue weighted by Crippen LogP contribution is -2.39. The third-order valence-corrected chi connectivity index (χ3v) is 10.8. The second-order valence-corrected chi connectivity index (χ2v) is 12.5. The van der Waals surface area contributed by atoms with E-state index in [-0.39, 0.29) is 5.25 Å². The fourth-order valence-corrected chi connectivity index (χ4v) is 8.18. The first-order chi connectivity index (χ1) is 15.6. The van der Waals surface area contributed by atoms with Crippen LogP contribution in [0.1, 0.15) is 57.5 Å². The van der Waals surface area contributed by atoms with E-state index >= 15 is 0 Å². The van der Waals surface area contributed by atoms with Crippen molar-refractivity contribution < 1.29 is 8.42 Å².